The highest BCUT2D eigenvalue weighted by molar-refractivity contribution is 5.88. The Morgan fingerprint density at radius 3 is 2.31 bits per heavy atom. The molecule has 0 bridgehead atoms. The number of ketones is 1. The average molecular weight is 219 g/mol. The maximum atomic E-state index is 11.3. The first-order valence-corrected chi connectivity index (χ1v) is 5.53. The smallest absolute Gasteiger partial charge is 0.153 e. The lowest BCUT2D eigenvalue weighted by Crippen LogP contribution is -2.21. The van der Waals surface area contributed by atoms with Crippen molar-refractivity contribution in [2.75, 3.05) is 25.1 Å². The van der Waals surface area contributed by atoms with E-state index >= 15 is 0 Å². The van der Waals surface area contributed by atoms with Gasteiger partial charge >= 0.3 is 0 Å². The molecule has 16 heavy (non-hydrogen) atoms. The minimum atomic E-state index is 0.328. The Hall–Kier alpha value is -1.51. The SMILES string of the molecule is COc1cc(C)c(N2CCC(=O)C2)c(C)c1. The standard InChI is InChI=1S/C13H17NO2/c1-9-6-12(16-3)7-10(2)13(9)14-5-4-11(15)8-14/h6-7H,4-5,8H2,1-3H3. The second-order valence-corrected chi connectivity index (χ2v) is 4.32. The summed E-state index contributed by atoms with van der Waals surface area (Å²) in [6.07, 6.45) is 0.672. The Morgan fingerprint density at radius 2 is 1.88 bits per heavy atom. The molecule has 2 rings (SSSR count). The van der Waals surface area contributed by atoms with E-state index in [-0.39, 0.29) is 0 Å². The van der Waals surface area contributed by atoms with E-state index in [0.717, 1.165) is 12.3 Å². The van der Waals surface area contributed by atoms with Gasteiger partial charge in [0.15, 0.2) is 5.78 Å². The molecule has 1 heterocycles. The molecule has 0 amide bonds. The van der Waals surface area contributed by atoms with E-state index in [1.165, 1.54) is 16.8 Å². The van der Waals surface area contributed by atoms with Gasteiger partial charge in [-0.2, -0.15) is 0 Å². The van der Waals surface area contributed by atoms with E-state index in [1.807, 2.05) is 12.1 Å². The van der Waals surface area contributed by atoms with Crippen LogP contribution in [0.2, 0.25) is 0 Å². The van der Waals surface area contributed by atoms with Gasteiger partial charge in [-0.05, 0) is 37.1 Å². The number of benzene rings is 1. The lowest BCUT2D eigenvalue weighted by Gasteiger charge is -2.22. The van der Waals surface area contributed by atoms with E-state index in [4.69, 9.17) is 4.74 Å². The zero-order valence-corrected chi connectivity index (χ0v) is 10.0. The highest BCUT2D eigenvalue weighted by Gasteiger charge is 2.22. The molecule has 0 atom stereocenters. The number of rotatable bonds is 2. The van der Waals surface area contributed by atoms with E-state index < -0.39 is 0 Å². The first-order chi connectivity index (χ1) is 7.61. The number of aryl methyl sites for hydroxylation is 2. The summed E-state index contributed by atoms with van der Waals surface area (Å²) >= 11 is 0. The van der Waals surface area contributed by atoms with Gasteiger partial charge in [0.1, 0.15) is 5.75 Å². The number of ether oxygens (including phenoxy) is 1. The quantitative estimate of drug-likeness (QED) is 0.762. The molecule has 1 aliphatic rings. The Balaban J connectivity index is 2.37. The number of carbonyl (C=O) groups excluding carboxylic acids is 1. The molecule has 3 nitrogen and oxygen atoms in total. The molecule has 0 N–H and O–H groups in total. The molecular formula is C13H17NO2. The third-order valence-electron chi connectivity index (χ3n) is 3.04. The number of Topliss-reactive ketones (excluding diaryl/α,β-unsaturated/α-hetero) is 1. The summed E-state index contributed by atoms with van der Waals surface area (Å²) in [6, 6.07) is 4.04. The molecule has 0 unspecified atom stereocenters. The summed E-state index contributed by atoms with van der Waals surface area (Å²) in [7, 11) is 1.67. The molecule has 0 spiro atoms. The van der Waals surface area contributed by atoms with Crippen molar-refractivity contribution in [3.63, 3.8) is 0 Å². The number of carbonyl (C=O) groups is 1. The minimum Gasteiger partial charge on any atom is -0.497 e. The molecule has 1 aliphatic heterocycles. The molecule has 0 aliphatic carbocycles. The summed E-state index contributed by atoms with van der Waals surface area (Å²) in [5.41, 5.74) is 3.53. The van der Waals surface area contributed by atoms with E-state index in [9.17, 15) is 4.79 Å². The molecular weight excluding hydrogens is 202 g/mol. The largest absolute Gasteiger partial charge is 0.497 e. The average Bonchev–Trinajstić information content (AvgIpc) is 2.63. The number of hydrogen-bond donors (Lipinski definition) is 0. The monoisotopic (exact) mass is 219 g/mol. The molecule has 1 aromatic rings. The summed E-state index contributed by atoms with van der Waals surface area (Å²) in [5, 5.41) is 0. The fraction of sp³-hybridized carbons (Fsp3) is 0.462. The first kappa shape index (κ1) is 11.0. The van der Waals surface area contributed by atoms with Gasteiger partial charge in [-0.1, -0.05) is 0 Å². The summed E-state index contributed by atoms with van der Waals surface area (Å²) < 4.78 is 5.23. The van der Waals surface area contributed by atoms with Crippen molar-refractivity contribution in [2.45, 2.75) is 20.3 Å². The van der Waals surface area contributed by atoms with Crippen LogP contribution in [0.1, 0.15) is 17.5 Å². The topological polar surface area (TPSA) is 29.5 Å². The van der Waals surface area contributed by atoms with Crippen molar-refractivity contribution in [1.29, 1.82) is 0 Å². The number of hydrogen-bond acceptors (Lipinski definition) is 3. The second kappa shape index (κ2) is 4.16. The highest BCUT2D eigenvalue weighted by atomic mass is 16.5. The highest BCUT2D eigenvalue weighted by Crippen LogP contribution is 2.30. The molecule has 0 radical (unpaired) electrons. The molecule has 0 aromatic heterocycles. The predicted molar refractivity (Wildman–Crippen MR) is 64.3 cm³/mol. The number of methoxy groups -OCH3 is 1. The first-order valence-electron chi connectivity index (χ1n) is 5.53. The molecule has 3 heteroatoms. The number of nitrogens with zero attached hydrogens (tertiary/aromatic N) is 1. The second-order valence-electron chi connectivity index (χ2n) is 4.32. The van der Waals surface area contributed by atoms with Crippen molar-refractivity contribution < 1.29 is 9.53 Å². The lowest BCUT2D eigenvalue weighted by atomic mass is 10.1. The molecule has 1 aromatic carbocycles. The van der Waals surface area contributed by atoms with Crippen LogP contribution in [0.5, 0.6) is 5.75 Å². The Labute approximate surface area is 96.0 Å². The van der Waals surface area contributed by atoms with Gasteiger partial charge in [-0.15, -0.1) is 0 Å². The van der Waals surface area contributed by atoms with Crippen LogP contribution in [-0.2, 0) is 4.79 Å². The fourth-order valence-electron chi connectivity index (χ4n) is 2.35. The van der Waals surface area contributed by atoms with Crippen molar-refractivity contribution in [3.8, 4) is 5.75 Å². The summed E-state index contributed by atoms with van der Waals surface area (Å²) in [5.74, 6) is 1.21. The Morgan fingerprint density at radius 1 is 1.25 bits per heavy atom. The Bertz CT molecular complexity index is 403. The lowest BCUT2D eigenvalue weighted by molar-refractivity contribution is -0.116. The molecule has 1 saturated heterocycles. The van der Waals surface area contributed by atoms with Gasteiger partial charge < -0.3 is 9.64 Å². The number of anilines is 1. The van der Waals surface area contributed by atoms with Crippen LogP contribution in [0.4, 0.5) is 5.69 Å². The van der Waals surface area contributed by atoms with Gasteiger partial charge in [-0.3, -0.25) is 4.79 Å². The summed E-state index contributed by atoms with van der Waals surface area (Å²) in [4.78, 5) is 13.5. The van der Waals surface area contributed by atoms with Gasteiger partial charge in [0.2, 0.25) is 0 Å². The third kappa shape index (κ3) is 1.90. The molecule has 0 saturated carbocycles. The van der Waals surface area contributed by atoms with E-state index in [0.29, 0.717) is 18.7 Å². The molecule has 1 fully saturated rings. The zero-order valence-electron chi connectivity index (χ0n) is 10.0. The van der Waals surface area contributed by atoms with Crippen LogP contribution in [0.15, 0.2) is 12.1 Å². The zero-order chi connectivity index (χ0) is 11.7. The minimum absolute atomic E-state index is 0.328. The van der Waals surface area contributed by atoms with E-state index in [2.05, 4.69) is 18.7 Å². The maximum Gasteiger partial charge on any atom is 0.153 e. The Kier molecular flexibility index (Phi) is 2.86. The normalized spacial score (nSPS) is 15.7. The van der Waals surface area contributed by atoms with Crippen LogP contribution >= 0.6 is 0 Å². The van der Waals surface area contributed by atoms with Crippen LogP contribution in [0.3, 0.4) is 0 Å². The third-order valence-corrected chi connectivity index (χ3v) is 3.04. The molecule has 86 valence electrons. The van der Waals surface area contributed by atoms with Crippen LogP contribution in [0, 0.1) is 13.8 Å². The van der Waals surface area contributed by atoms with Gasteiger partial charge in [-0.25, -0.2) is 0 Å². The van der Waals surface area contributed by atoms with Gasteiger partial charge in [0, 0.05) is 18.7 Å². The summed E-state index contributed by atoms with van der Waals surface area (Å²) in [6.45, 7) is 5.52. The van der Waals surface area contributed by atoms with Crippen molar-refractivity contribution >= 4 is 11.5 Å². The van der Waals surface area contributed by atoms with Crippen molar-refractivity contribution in [2.24, 2.45) is 0 Å². The van der Waals surface area contributed by atoms with Crippen LogP contribution in [0.25, 0.3) is 0 Å². The van der Waals surface area contributed by atoms with Crippen molar-refractivity contribution in [1.82, 2.24) is 0 Å². The van der Waals surface area contributed by atoms with Gasteiger partial charge in [0.25, 0.3) is 0 Å². The fourth-order valence-corrected chi connectivity index (χ4v) is 2.35. The predicted octanol–water partition coefficient (Wildman–Crippen LogP) is 2.09. The maximum absolute atomic E-state index is 11.3. The van der Waals surface area contributed by atoms with Crippen LogP contribution < -0.4 is 9.64 Å². The van der Waals surface area contributed by atoms with E-state index in [1.54, 1.807) is 7.11 Å². The van der Waals surface area contributed by atoms with Gasteiger partial charge in [0.05, 0.1) is 13.7 Å². The van der Waals surface area contributed by atoms with Crippen molar-refractivity contribution in [3.05, 3.63) is 23.3 Å². The van der Waals surface area contributed by atoms with Crippen LogP contribution in [-0.4, -0.2) is 26.0 Å².